The molecule has 1 N–H and O–H groups in total. The Hall–Kier alpha value is -2.14. The summed E-state index contributed by atoms with van der Waals surface area (Å²) in [5.74, 6) is 0.876. The quantitative estimate of drug-likeness (QED) is 0.835. The van der Waals surface area contributed by atoms with Gasteiger partial charge in [0.25, 0.3) is 0 Å². The van der Waals surface area contributed by atoms with Gasteiger partial charge in [-0.05, 0) is 26.2 Å². The highest BCUT2D eigenvalue weighted by Gasteiger charge is 1.98. The van der Waals surface area contributed by atoms with Crippen LogP contribution in [-0.2, 0) is 6.54 Å². The van der Waals surface area contributed by atoms with Crippen LogP contribution < -0.4 is 10.1 Å². The molecule has 0 radical (unpaired) electrons. The molecule has 0 aliphatic rings. The molecule has 106 valence electrons. The Morgan fingerprint density at radius 2 is 2.00 bits per heavy atom. The molecule has 2 rings (SSSR count). The Kier molecular flexibility index (Phi) is 5.32. The van der Waals surface area contributed by atoms with Crippen molar-refractivity contribution in [3.05, 3.63) is 48.5 Å². The van der Waals surface area contributed by atoms with Crippen molar-refractivity contribution in [3.8, 4) is 5.75 Å². The Bertz CT molecular complexity index is 516. The number of aromatic nitrogens is 2. The molecule has 0 saturated heterocycles. The molecule has 1 aromatic carbocycles. The van der Waals surface area contributed by atoms with Crippen molar-refractivity contribution in [3.63, 3.8) is 0 Å². The molecule has 5 heteroatoms. The van der Waals surface area contributed by atoms with Crippen LogP contribution in [0.3, 0.4) is 0 Å². The van der Waals surface area contributed by atoms with E-state index in [0.29, 0.717) is 13.2 Å². The second kappa shape index (κ2) is 7.45. The number of ether oxygens (including phenoxy) is 1. The highest BCUT2D eigenvalue weighted by Crippen LogP contribution is 2.17. The van der Waals surface area contributed by atoms with Crippen LogP contribution in [0.5, 0.6) is 5.75 Å². The van der Waals surface area contributed by atoms with Gasteiger partial charge >= 0.3 is 0 Å². The van der Waals surface area contributed by atoms with E-state index in [9.17, 15) is 0 Å². The monoisotopic (exact) mass is 272 g/mol. The number of rotatable bonds is 7. The van der Waals surface area contributed by atoms with E-state index < -0.39 is 0 Å². The normalized spacial score (nSPS) is 10.6. The maximum absolute atomic E-state index is 5.70. The summed E-state index contributed by atoms with van der Waals surface area (Å²) < 4.78 is 5.70. The number of hydrogen-bond donors (Lipinski definition) is 1. The summed E-state index contributed by atoms with van der Waals surface area (Å²) in [5.41, 5.74) is 2.07. The maximum Gasteiger partial charge on any atom is 0.121 e. The van der Waals surface area contributed by atoms with Gasteiger partial charge in [-0.1, -0.05) is 6.07 Å². The highest BCUT2D eigenvalue weighted by atomic mass is 16.5. The molecule has 20 heavy (non-hydrogen) atoms. The van der Waals surface area contributed by atoms with Gasteiger partial charge in [0.2, 0.25) is 0 Å². The Morgan fingerprint density at radius 3 is 2.75 bits per heavy atom. The molecule has 0 saturated carbocycles. The predicted molar refractivity (Wildman–Crippen MR) is 79.8 cm³/mol. The van der Waals surface area contributed by atoms with E-state index >= 15 is 0 Å². The molecule has 1 heterocycles. The van der Waals surface area contributed by atoms with Gasteiger partial charge < -0.3 is 15.0 Å². The van der Waals surface area contributed by atoms with Gasteiger partial charge in [-0.25, -0.2) is 9.97 Å². The van der Waals surface area contributed by atoms with Gasteiger partial charge in [-0.3, -0.25) is 0 Å². The zero-order chi connectivity index (χ0) is 14.2. The van der Waals surface area contributed by atoms with Crippen LogP contribution in [0.15, 0.2) is 43.0 Å². The van der Waals surface area contributed by atoms with Crippen molar-refractivity contribution in [2.75, 3.05) is 32.6 Å². The second-order valence-electron chi connectivity index (χ2n) is 4.78. The molecular formula is C15H20N4O. The molecule has 0 fully saturated rings. The van der Waals surface area contributed by atoms with E-state index in [1.807, 2.05) is 38.4 Å². The van der Waals surface area contributed by atoms with Crippen LogP contribution in [0.1, 0.15) is 5.56 Å². The third kappa shape index (κ3) is 4.85. The van der Waals surface area contributed by atoms with E-state index in [0.717, 1.165) is 23.5 Å². The lowest BCUT2D eigenvalue weighted by Crippen LogP contribution is -2.19. The SMILES string of the molecule is CN(C)CCOc1cccc(NCc2cncnc2)c1. The zero-order valence-electron chi connectivity index (χ0n) is 11.9. The number of benzene rings is 1. The second-order valence-corrected chi connectivity index (χ2v) is 4.78. The van der Waals surface area contributed by atoms with Gasteiger partial charge in [0.15, 0.2) is 0 Å². The van der Waals surface area contributed by atoms with Crippen LogP contribution >= 0.6 is 0 Å². The molecule has 0 amide bonds. The average Bonchev–Trinajstić information content (AvgIpc) is 2.46. The first-order valence-electron chi connectivity index (χ1n) is 6.59. The summed E-state index contributed by atoms with van der Waals surface area (Å²) in [4.78, 5) is 10.1. The van der Waals surface area contributed by atoms with E-state index in [1.165, 1.54) is 6.33 Å². The summed E-state index contributed by atoms with van der Waals surface area (Å²) in [7, 11) is 4.06. The fourth-order valence-corrected chi connectivity index (χ4v) is 1.67. The van der Waals surface area contributed by atoms with Crippen molar-refractivity contribution >= 4 is 5.69 Å². The maximum atomic E-state index is 5.70. The predicted octanol–water partition coefficient (Wildman–Crippen LogP) is 2.03. The Balaban J connectivity index is 1.86. The summed E-state index contributed by atoms with van der Waals surface area (Å²) >= 11 is 0. The molecule has 0 bridgehead atoms. The van der Waals surface area contributed by atoms with Gasteiger partial charge in [-0.2, -0.15) is 0 Å². The number of likely N-dealkylation sites (N-methyl/N-ethyl adjacent to an activating group) is 1. The van der Waals surface area contributed by atoms with Crippen molar-refractivity contribution in [1.82, 2.24) is 14.9 Å². The zero-order valence-corrected chi connectivity index (χ0v) is 11.9. The average molecular weight is 272 g/mol. The van der Waals surface area contributed by atoms with Gasteiger partial charge in [0, 0.05) is 42.8 Å². The van der Waals surface area contributed by atoms with Crippen LogP contribution in [0, 0.1) is 0 Å². The van der Waals surface area contributed by atoms with Crippen molar-refractivity contribution in [2.24, 2.45) is 0 Å². The van der Waals surface area contributed by atoms with Gasteiger partial charge in [0.05, 0.1) is 0 Å². The molecule has 2 aromatic rings. The van der Waals surface area contributed by atoms with Crippen LogP contribution in [0.4, 0.5) is 5.69 Å². The smallest absolute Gasteiger partial charge is 0.121 e. The van der Waals surface area contributed by atoms with Gasteiger partial charge in [0.1, 0.15) is 18.7 Å². The standard InChI is InChI=1S/C15H20N4O/c1-19(2)6-7-20-15-5-3-4-14(8-15)18-11-13-9-16-12-17-10-13/h3-5,8-10,12,18H,6-7,11H2,1-2H3. The van der Waals surface area contributed by atoms with Crippen LogP contribution in [0.2, 0.25) is 0 Å². The first-order chi connectivity index (χ1) is 9.74. The first kappa shape index (κ1) is 14.3. The van der Waals surface area contributed by atoms with Crippen molar-refractivity contribution in [2.45, 2.75) is 6.54 Å². The topological polar surface area (TPSA) is 50.3 Å². The fraction of sp³-hybridized carbons (Fsp3) is 0.333. The molecule has 1 aromatic heterocycles. The number of nitrogens with zero attached hydrogens (tertiary/aromatic N) is 3. The molecule has 0 unspecified atom stereocenters. The summed E-state index contributed by atoms with van der Waals surface area (Å²) in [5, 5.41) is 3.33. The molecule has 0 spiro atoms. The third-order valence-electron chi connectivity index (χ3n) is 2.75. The third-order valence-corrected chi connectivity index (χ3v) is 2.75. The van der Waals surface area contributed by atoms with E-state index in [4.69, 9.17) is 4.74 Å². The minimum atomic E-state index is 0.684. The van der Waals surface area contributed by atoms with Crippen molar-refractivity contribution in [1.29, 1.82) is 0 Å². The van der Waals surface area contributed by atoms with Crippen LogP contribution in [-0.4, -0.2) is 42.1 Å². The minimum absolute atomic E-state index is 0.684. The lowest BCUT2D eigenvalue weighted by atomic mass is 10.2. The molecular weight excluding hydrogens is 252 g/mol. The lowest BCUT2D eigenvalue weighted by molar-refractivity contribution is 0.261. The summed E-state index contributed by atoms with van der Waals surface area (Å²) in [6, 6.07) is 7.96. The van der Waals surface area contributed by atoms with Gasteiger partial charge in [-0.15, -0.1) is 0 Å². The fourth-order valence-electron chi connectivity index (χ4n) is 1.67. The highest BCUT2D eigenvalue weighted by molar-refractivity contribution is 5.48. The number of anilines is 1. The lowest BCUT2D eigenvalue weighted by Gasteiger charge is -2.12. The summed E-state index contributed by atoms with van der Waals surface area (Å²) in [6.45, 7) is 2.28. The van der Waals surface area contributed by atoms with E-state index in [1.54, 1.807) is 12.4 Å². The first-order valence-corrected chi connectivity index (χ1v) is 6.59. The molecule has 0 aliphatic heterocycles. The Labute approximate surface area is 119 Å². The summed E-state index contributed by atoms with van der Waals surface area (Å²) in [6.07, 6.45) is 5.14. The Morgan fingerprint density at radius 1 is 1.20 bits per heavy atom. The van der Waals surface area contributed by atoms with Crippen molar-refractivity contribution < 1.29 is 4.74 Å². The number of nitrogens with one attached hydrogen (secondary N) is 1. The minimum Gasteiger partial charge on any atom is -0.492 e. The molecule has 5 nitrogen and oxygen atoms in total. The largest absolute Gasteiger partial charge is 0.492 e. The van der Waals surface area contributed by atoms with Crippen LogP contribution in [0.25, 0.3) is 0 Å². The number of hydrogen-bond acceptors (Lipinski definition) is 5. The van der Waals surface area contributed by atoms with E-state index in [-0.39, 0.29) is 0 Å². The molecule has 0 aliphatic carbocycles. The molecule has 0 atom stereocenters. The van der Waals surface area contributed by atoms with E-state index in [2.05, 4.69) is 20.2 Å².